The molecule has 2 heteroatoms. The Labute approximate surface area is 45.3 Å². The van der Waals surface area contributed by atoms with Gasteiger partial charge in [-0.05, 0) is 13.3 Å². The van der Waals surface area contributed by atoms with Crippen LogP contribution in [0.15, 0.2) is 0 Å². The zero-order valence-corrected chi connectivity index (χ0v) is 6.10. The fourth-order valence-electron chi connectivity index (χ4n) is 0. The van der Waals surface area contributed by atoms with E-state index in [1.165, 1.54) is 0 Å². The molecule has 0 aromatic rings. The largest absolute Gasteiger partial charge is 0.175 e. The molecular weight excluding hydrogens is 111 g/mol. The molecule has 0 bridgehead atoms. The molecule has 0 unspecified atom stereocenters. The third-order valence-electron chi connectivity index (χ3n) is 0.383. The van der Waals surface area contributed by atoms with Gasteiger partial charge in [0.25, 0.3) is 0 Å². The third kappa shape index (κ3) is 4.65. The predicted octanol–water partition coefficient (Wildman–Crippen LogP) is 1.58. The molecule has 0 saturated carbocycles. The lowest BCUT2D eigenvalue weighted by Gasteiger charge is -2.03. The lowest BCUT2D eigenvalue weighted by molar-refractivity contribution is 2.05. The van der Waals surface area contributed by atoms with E-state index < -0.39 is 6.89 Å². The van der Waals surface area contributed by atoms with Crippen LogP contribution in [0.2, 0.25) is 0 Å². The van der Waals surface area contributed by atoms with Gasteiger partial charge in [-0.1, -0.05) is 0 Å². The Bertz CT molecular complexity index is 71.6. The van der Waals surface area contributed by atoms with E-state index in [0.29, 0.717) is 0 Å². The summed E-state index contributed by atoms with van der Waals surface area (Å²) < 4.78 is 0. The quantitative estimate of drug-likeness (QED) is 0.396. The SMILES string of the molecule is C=P(C)(C)CS. The summed E-state index contributed by atoms with van der Waals surface area (Å²) >= 11 is 4.09. The van der Waals surface area contributed by atoms with Crippen LogP contribution in [0.1, 0.15) is 0 Å². The highest BCUT2D eigenvalue weighted by Crippen LogP contribution is 2.35. The van der Waals surface area contributed by atoms with E-state index >= 15 is 0 Å². The van der Waals surface area contributed by atoms with E-state index in [1.807, 2.05) is 0 Å². The van der Waals surface area contributed by atoms with Gasteiger partial charge in [-0.25, -0.2) is 0 Å². The Morgan fingerprint density at radius 2 is 1.83 bits per heavy atom. The van der Waals surface area contributed by atoms with Crippen molar-refractivity contribution in [1.29, 1.82) is 0 Å². The van der Waals surface area contributed by atoms with Gasteiger partial charge >= 0.3 is 0 Å². The van der Waals surface area contributed by atoms with Crippen LogP contribution in [0, 0.1) is 0 Å². The molecule has 6 heavy (non-hydrogen) atoms. The standard InChI is InChI=1S/C4H11PS/c1-5(2,3)4-6/h6H,1,4H2,2-3H3. The Morgan fingerprint density at radius 3 is 1.83 bits per heavy atom. The molecule has 0 heterocycles. The van der Waals surface area contributed by atoms with E-state index in [9.17, 15) is 0 Å². The van der Waals surface area contributed by atoms with Crippen molar-refractivity contribution in [3.8, 4) is 0 Å². The summed E-state index contributed by atoms with van der Waals surface area (Å²) in [6.07, 6.45) is 3.92. The van der Waals surface area contributed by atoms with Crippen LogP contribution < -0.4 is 0 Å². The predicted molar refractivity (Wildman–Crippen MR) is 39.7 cm³/mol. The Hall–Kier alpha value is 0.650. The first-order valence-electron chi connectivity index (χ1n) is 1.84. The van der Waals surface area contributed by atoms with E-state index in [1.54, 1.807) is 0 Å². The van der Waals surface area contributed by atoms with Gasteiger partial charge in [-0.2, -0.15) is 12.6 Å². The van der Waals surface area contributed by atoms with Crippen LogP contribution in [-0.4, -0.2) is 25.1 Å². The third-order valence-corrected chi connectivity index (χ3v) is 3.45. The van der Waals surface area contributed by atoms with Crippen molar-refractivity contribution in [2.24, 2.45) is 0 Å². The molecule has 0 aliphatic heterocycles. The number of hydrogen-bond acceptors (Lipinski definition) is 1. The maximum absolute atomic E-state index is 4.09. The zero-order chi connectivity index (χ0) is 5.21. The van der Waals surface area contributed by atoms with Crippen molar-refractivity contribution in [1.82, 2.24) is 0 Å². The zero-order valence-electron chi connectivity index (χ0n) is 4.31. The molecule has 0 saturated heterocycles. The number of hydrogen-bond donors (Lipinski definition) is 1. The minimum Gasteiger partial charge on any atom is -0.175 e. The van der Waals surface area contributed by atoms with Gasteiger partial charge in [0.2, 0.25) is 0 Å². The molecule has 0 spiro atoms. The molecule has 0 nitrogen and oxygen atoms in total. The van der Waals surface area contributed by atoms with Gasteiger partial charge in [0.15, 0.2) is 0 Å². The van der Waals surface area contributed by atoms with Crippen molar-refractivity contribution in [3.63, 3.8) is 0 Å². The summed E-state index contributed by atoms with van der Waals surface area (Å²) in [5, 5.41) is 0. The number of thiol groups is 1. The first-order valence-corrected chi connectivity index (χ1v) is 5.53. The highest BCUT2D eigenvalue weighted by molar-refractivity contribution is 7.93. The van der Waals surface area contributed by atoms with Gasteiger partial charge in [0.1, 0.15) is 0 Å². The average Bonchev–Trinajstić information content (AvgIpc) is 1.35. The lowest BCUT2D eigenvalue weighted by atomic mass is 11.8. The molecule has 0 amide bonds. The van der Waals surface area contributed by atoms with Crippen molar-refractivity contribution < 1.29 is 0 Å². The fraction of sp³-hybridized carbons (Fsp3) is 0.750. The fourth-order valence-corrected chi connectivity index (χ4v) is 0. The summed E-state index contributed by atoms with van der Waals surface area (Å²) in [5.41, 5.74) is 0.965. The molecule has 0 radical (unpaired) electrons. The van der Waals surface area contributed by atoms with Gasteiger partial charge < -0.3 is 0 Å². The van der Waals surface area contributed by atoms with Crippen molar-refractivity contribution >= 4 is 25.8 Å². The molecule has 38 valence electrons. The molecule has 0 aliphatic rings. The monoisotopic (exact) mass is 122 g/mol. The molecule has 0 aromatic carbocycles. The summed E-state index contributed by atoms with van der Waals surface area (Å²) in [7, 11) is 0. The second-order valence-electron chi connectivity index (χ2n) is 2.08. The van der Waals surface area contributed by atoms with Gasteiger partial charge in [0, 0.05) is 5.49 Å². The molecule has 0 aromatic heterocycles. The minimum absolute atomic E-state index is 0.782. The second-order valence-corrected chi connectivity index (χ2v) is 7.08. The highest BCUT2D eigenvalue weighted by atomic mass is 32.1. The Morgan fingerprint density at radius 1 is 1.67 bits per heavy atom. The van der Waals surface area contributed by atoms with Crippen LogP contribution in [0.4, 0.5) is 0 Å². The molecule has 0 atom stereocenters. The Kier molecular flexibility index (Phi) is 2.31. The maximum atomic E-state index is 4.09. The summed E-state index contributed by atoms with van der Waals surface area (Å²) in [5.74, 6) is 0. The van der Waals surface area contributed by atoms with Crippen molar-refractivity contribution in [3.05, 3.63) is 0 Å². The maximum Gasteiger partial charge on any atom is 0.00942 e. The smallest absolute Gasteiger partial charge is 0.00942 e. The van der Waals surface area contributed by atoms with E-state index in [2.05, 4.69) is 32.3 Å². The first-order chi connectivity index (χ1) is 2.56. The topological polar surface area (TPSA) is 0 Å². The summed E-state index contributed by atoms with van der Waals surface area (Å²) in [4.78, 5) is 0. The average molecular weight is 122 g/mol. The van der Waals surface area contributed by atoms with Crippen LogP contribution in [0.3, 0.4) is 0 Å². The van der Waals surface area contributed by atoms with Crippen molar-refractivity contribution in [2.75, 3.05) is 18.8 Å². The van der Waals surface area contributed by atoms with Crippen LogP contribution >= 0.6 is 19.5 Å². The summed E-state index contributed by atoms with van der Waals surface area (Å²) in [6, 6.07) is 0. The van der Waals surface area contributed by atoms with Crippen molar-refractivity contribution in [2.45, 2.75) is 0 Å². The lowest BCUT2D eigenvalue weighted by Crippen LogP contribution is -1.72. The summed E-state index contributed by atoms with van der Waals surface area (Å²) in [6.45, 7) is 3.55. The van der Waals surface area contributed by atoms with Gasteiger partial charge in [-0.3, -0.25) is 0 Å². The molecule has 0 aliphatic carbocycles. The number of rotatable bonds is 1. The second kappa shape index (κ2) is 2.09. The molecular formula is C4H11PS. The minimum atomic E-state index is -0.782. The normalized spacial score (nSPS) is 11.8. The molecule has 0 rings (SSSR count). The Balaban J connectivity index is 3.48. The van der Waals surface area contributed by atoms with E-state index in [4.69, 9.17) is 0 Å². The van der Waals surface area contributed by atoms with Crippen LogP contribution in [0.5, 0.6) is 0 Å². The van der Waals surface area contributed by atoms with Gasteiger partial charge in [0.05, 0.1) is 0 Å². The highest BCUT2D eigenvalue weighted by Gasteiger charge is 1.89. The van der Waals surface area contributed by atoms with Crippen LogP contribution in [-0.2, 0) is 0 Å². The van der Waals surface area contributed by atoms with Crippen LogP contribution in [0.25, 0.3) is 0 Å². The molecule has 0 N–H and O–H groups in total. The first kappa shape index (κ1) is 6.65. The van der Waals surface area contributed by atoms with E-state index in [0.717, 1.165) is 5.49 Å². The van der Waals surface area contributed by atoms with Gasteiger partial charge in [-0.15, -0.1) is 13.2 Å². The van der Waals surface area contributed by atoms with E-state index in [-0.39, 0.29) is 0 Å². The molecule has 0 fully saturated rings.